The van der Waals surface area contributed by atoms with Gasteiger partial charge in [0.05, 0.1) is 38.4 Å². The molecule has 1 aliphatic heterocycles. The Morgan fingerprint density at radius 2 is 1.97 bits per heavy atom. The van der Waals surface area contributed by atoms with E-state index in [4.69, 9.17) is 21.7 Å². The summed E-state index contributed by atoms with van der Waals surface area (Å²) < 4.78 is 10.8. The van der Waals surface area contributed by atoms with Crippen molar-refractivity contribution in [2.24, 2.45) is 0 Å². The lowest BCUT2D eigenvalue weighted by Gasteiger charge is -2.32. The summed E-state index contributed by atoms with van der Waals surface area (Å²) in [5.41, 5.74) is 2.48. The van der Waals surface area contributed by atoms with Crippen LogP contribution in [0.25, 0.3) is 10.9 Å². The van der Waals surface area contributed by atoms with E-state index in [0.29, 0.717) is 29.5 Å². The first-order valence-electron chi connectivity index (χ1n) is 11.6. The molecule has 2 aromatic carbocycles. The maximum atomic E-state index is 12.9. The summed E-state index contributed by atoms with van der Waals surface area (Å²) in [6, 6.07) is 17.9. The number of aromatic amines is 1. The highest BCUT2D eigenvalue weighted by Gasteiger charge is 2.18. The fourth-order valence-electron chi connectivity index (χ4n) is 4.12. The molecule has 0 unspecified atom stereocenters. The number of methoxy groups -OCH3 is 1. The van der Waals surface area contributed by atoms with Crippen LogP contribution in [-0.4, -0.2) is 66.4 Å². The average molecular weight is 481 g/mol. The van der Waals surface area contributed by atoms with E-state index in [1.165, 1.54) is 0 Å². The van der Waals surface area contributed by atoms with Gasteiger partial charge in [0.1, 0.15) is 5.75 Å². The molecule has 0 aliphatic carbocycles. The van der Waals surface area contributed by atoms with Gasteiger partial charge in [-0.25, -0.2) is 0 Å². The Morgan fingerprint density at radius 3 is 2.71 bits per heavy atom. The first-order chi connectivity index (χ1) is 16.5. The van der Waals surface area contributed by atoms with E-state index in [9.17, 15) is 4.79 Å². The molecular formula is C26H32N4O3S. The SMILES string of the molecule is COc1ccc2cc(CN(CCN3CCOCC3)C(=S)N[C@H](C)c3ccccc3)c(=O)[nH]c2c1. The lowest BCUT2D eigenvalue weighted by atomic mass is 10.1. The molecule has 0 radical (unpaired) electrons. The van der Waals surface area contributed by atoms with Crippen LogP contribution in [0.5, 0.6) is 5.75 Å². The third-order valence-corrected chi connectivity index (χ3v) is 6.58. The van der Waals surface area contributed by atoms with E-state index in [-0.39, 0.29) is 11.6 Å². The van der Waals surface area contributed by atoms with Crippen LogP contribution in [0.2, 0.25) is 0 Å². The molecule has 2 N–H and O–H groups in total. The molecule has 1 aliphatic rings. The van der Waals surface area contributed by atoms with Gasteiger partial charge < -0.3 is 24.7 Å². The topological polar surface area (TPSA) is 69.8 Å². The fourth-order valence-corrected chi connectivity index (χ4v) is 4.45. The summed E-state index contributed by atoms with van der Waals surface area (Å²) in [6.45, 7) is 7.41. The molecule has 1 fully saturated rings. The van der Waals surface area contributed by atoms with Gasteiger partial charge in [0.25, 0.3) is 5.56 Å². The number of H-pyrrole nitrogens is 1. The zero-order valence-corrected chi connectivity index (χ0v) is 20.6. The molecule has 0 amide bonds. The van der Waals surface area contributed by atoms with E-state index >= 15 is 0 Å². The lowest BCUT2D eigenvalue weighted by Crippen LogP contribution is -2.46. The van der Waals surface area contributed by atoms with Gasteiger partial charge >= 0.3 is 0 Å². The first kappa shape index (κ1) is 24.2. The molecule has 1 aromatic heterocycles. The molecule has 180 valence electrons. The minimum Gasteiger partial charge on any atom is -0.497 e. The number of hydrogen-bond acceptors (Lipinski definition) is 5. The lowest BCUT2D eigenvalue weighted by molar-refractivity contribution is 0.0357. The number of nitrogens with zero attached hydrogens (tertiary/aromatic N) is 2. The largest absolute Gasteiger partial charge is 0.497 e. The Morgan fingerprint density at radius 1 is 1.21 bits per heavy atom. The van der Waals surface area contributed by atoms with Crippen LogP contribution in [0.4, 0.5) is 0 Å². The van der Waals surface area contributed by atoms with E-state index in [0.717, 1.165) is 49.3 Å². The van der Waals surface area contributed by atoms with Crippen molar-refractivity contribution in [3.8, 4) is 5.75 Å². The molecule has 2 heterocycles. The summed E-state index contributed by atoms with van der Waals surface area (Å²) in [5, 5.41) is 5.06. The number of nitrogens with one attached hydrogen (secondary N) is 2. The van der Waals surface area contributed by atoms with Crippen LogP contribution in [0.1, 0.15) is 24.1 Å². The van der Waals surface area contributed by atoms with Crippen molar-refractivity contribution in [3.05, 3.63) is 76.1 Å². The average Bonchev–Trinajstić information content (AvgIpc) is 2.87. The predicted molar refractivity (Wildman–Crippen MR) is 139 cm³/mol. The Hall–Kier alpha value is -2.94. The molecule has 0 saturated carbocycles. The number of thiocarbonyl (C=S) groups is 1. The molecule has 8 heteroatoms. The number of aromatic nitrogens is 1. The van der Waals surface area contributed by atoms with Gasteiger partial charge in [-0.2, -0.15) is 0 Å². The summed E-state index contributed by atoms with van der Waals surface area (Å²) in [4.78, 5) is 20.4. The van der Waals surface area contributed by atoms with E-state index < -0.39 is 0 Å². The van der Waals surface area contributed by atoms with Gasteiger partial charge in [0.15, 0.2) is 5.11 Å². The maximum absolute atomic E-state index is 12.9. The Kier molecular flexibility index (Phi) is 8.16. The minimum absolute atomic E-state index is 0.0574. The van der Waals surface area contributed by atoms with Crippen LogP contribution >= 0.6 is 12.2 Å². The van der Waals surface area contributed by atoms with Gasteiger partial charge in [-0.15, -0.1) is 0 Å². The summed E-state index contributed by atoms with van der Waals surface area (Å²) in [5.74, 6) is 0.711. The number of rotatable bonds is 8. The van der Waals surface area contributed by atoms with Crippen molar-refractivity contribution in [2.45, 2.75) is 19.5 Å². The third kappa shape index (κ3) is 6.14. The van der Waals surface area contributed by atoms with Crippen molar-refractivity contribution in [1.82, 2.24) is 20.1 Å². The van der Waals surface area contributed by atoms with Gasteiger partial charge in [0, 0.05) is 37.8 Å². The van der Waals surface area contributed by atoms with Crippen LogP contribution in [0.3, 0.4) is 0 Å². The molecule has 4 rings (SSSR count). The standard InChI is InChI=1S/C26H32N4O3S/c1-19(20-6-4-3-5-7-20)27-26(34)30(11-10-29-12-14-33-15-13-29)18-22-16-21-8-9-23(32-2)17-24(21)28-25(22)31/h3-9,16-17,19H,10-15,18H2,1-2H3,(H,27,34)(H,28,31)/t19-/m1/s1. The summed E-state index contributed by atoms with van der Waals surface area (Å²) >= 11 is 5.83. The highest BCUT2D eigenvalue weighted by Crippen LogP contribution is 2.19. The second-order valence-corrected chi connectivity index (χ2v) is 8.92. The van der Waals surface area contributed by atoms with Crippen molar-refractivity contribution >= 4 is 28.2 Å². The van der Waals surface area contributed by atoms with Crippen molar-refractivity contribution < 1.29 is 9.47 Å². The maximum Gasteiger partial charge on any atom is 0.253 e. The van der Waals surface area contributed by atoms with Gasteiger partial charge in [-0.1, -0.05) is 30.3 Å². The number of ether oxygens (including phenoxy) is 2. The molecule has 34 heavy (non-hydrogen) atoms. The van der Waals surface area contributed by atoms with E-state index in [2.05, 4.69) is 39.2 Å². The molecule has 0 spiro atoms. The first-order valence-corrected chi connectivity index (χ1v) is 12.0. The van der Waals surface area contributed by atoms with E-state index in [1.807, 2.05) is 42.5 Å². The zero-order chi connectivity index (χ0) is 23.9. The van der Waals surface area contributed by atoms with Crippen LogP contribution in [-0.2, 0) is 11.3 Å². The summed E-state index contributed by atoms with van der Waals surface area (Å²) in [7, 11) is 1.62. The fraction of sp³-hybridized carbons (Fsp3) is 0.385. The van der Waals surface area contributed by atoms with E-state index in [1.54, 1.807) is 7.11 Å². The summed E-state index contributed by atoms with van der Waals surface area (Å²) in [6.07, 6.45) is 0. The monoisotopic (exact) mass is 480 g/mol. The normalized spacial score (nSPS) is 15.1. The number of morpholine rings is 1. The highest BCUT2D eigenvalue weighted by atomic mass is 32.1. The molecule has 7 nitrogen and oxygen atoms in total. The smallest absolute Gasteiger partial charge is 0.253 e. The molecule has 1 saturated heterocycles. The second kappa shape index (κ2) is 11.5. The predicted octanol–water partition coefficient (Wildman–Crippen LogP) is 3.31. The highest BCUT2D eigenvalue weighted by molar-refractivity contribution is 7.80. The van der Waals surface area contributed by atoms with Crippen molar-refractivity contribution in [3.63, 3.8) is 0 Å². The van der Waals surface area contributed by atoms with Gasteiger partial charge in [0.2, 0.25) is 0 Å². The van der Waals surface area contributed by atoms with Crippen LogP contribution < -0.4 is 15.6 Å². The van der Waals surface area contributed by atoms with Crippen LogP contribution in [0.15, 0.2) is 59.4 Å². The minimum atomic E-state index is -0.115. The van der Waals surface area contributed by atoms with Gasteiger partial charge in [-0.3, -0.25) is 9.69 Å². The van der Waals surface area contributed by atoms with Crippen molar-refractivity contribution in [2.75, 3.05) is 46.5 Å². The number of hydrogen-bond donors (Lipinski definition) is 2. The third-order valence-electron chi connectivity index (χ3n) is 6.21. The second-order valence-electron chi connectivity index (χ2n) is 8.53. The Balaban J connectivity index is 1.53. The molecular weight excluding hydrogens is 448 g/mol. The molecule has 1 atom stereocenters. The van der Waals surface area contributed by atoms with Crippen molar-refractivity contribution in [1.29, 1.82) is 0 Å². The zero-order valence-electron chi connectivity index (χ0n) is 19.8. The Bertz CT molecular complexity index is 1160. The molecule has 3 aromatic rings. The van der Waals surface area contributed by atoms with Gasteiger partial charge in [-0.05, 0) is 48.3 Å². The number of fused-ring (bicyclic) bond motifs is 1. The van der Waals surface area contributed by atoms with Crippen LogP contribution in [0, 0.1) is 0 Å². The Labute approximate surface area is 205 Å². The number of benzene rings is 2. The number of pyridine rings is 1. The molecule has 0 bridgehead atoms. The quantitative estimate of drug-likeness (QED) is 0.480.